The molecule has 1 unspecified atom stereocenters. The van der Waals surface area contributed by atoms with Gasteiger partial charge in [-0.05, 0) is 14.0 Å². The lowest BCUT2D eigenvalue weighted by Gasteiger charge is -2.13. The first kappa shape index (κ1) is 10.7. The summed E-state index contributed by atoms with van der Waals surface area (Å²) in [5.41, 5.74) is 0. The van der Waals surface area contributed by atoms with E-state index in [-0.39, 0.29) is 11.9 Å². The van der Waals surface area contributed by atoms with Gasteiger partial charge in [-0.1, -0.05) is 0 Å². The van der Waals surface area contributed by atoms with Crippen LogP contribution in [-0.2, 0) is 11.3 Å². The van der Waals surface area contributed by atoms with Crippen LogP contribution >= 0.6 is 0 Å². The lowest BCUT2D eigenvalue weighted by atomic mass is 10.3. The number of hydrogen-bond donors (Lipinski definition) is 2. The summed E-state index contributed by atoms with van der Waals surface area (Å²) < 4.78 is 1.93. The van der Waals surface area contributed by atoms with Gasteiger partial charge in [0, 0.05) is 25.0 Å². The number of imidazole rings is 1. The van der Waals surface area contributed by atoms with Crippen molar-refractivity contribution in [2.45, 2.75) is 19.5 Å². The highest BCUT2D eigenvalue weighted by molar-refractivity contribution is 5.78. The maximum absolute atomic E-state index is 11.2. The van der Waals surface area contributed by atoms with Crippen LogP contribution in [0.1, 0.15) is 6.92 Å². The van der Waals surface area contributed by atoms with E-state index in [4.69, 9.17) is 0 Å². The van der Waals surface area contributed by atoms with Gasteiger partial charge in [0.05, 0.1) is 12.9 Å². The van der Waals surface area contributed by atoms with Crippen molar-refractivity contribution in [1.29, 1.82) is 0 Å². The van der Waals surface area contributed by atoms with Crippen molar-refractivity contribution >= 4 is 5.91 Å². The molecule has 0 aliphatic heterocycles. The third-order valence-electron chi connectivity index (χ3n) is 1.79. The Bertz CT molecular complexity index is 270. The van der Waals surface area contributed by atoms with Gasteiger partial charge in [-0.2, -0.15) is 0 Å². The van der Waals surface area contributed by atoms with Gasteiger partial charge in [-0.25, -0.2) is 4.98 Å². The fraction of sp³-hybridized carbons (Fsp3) is 0.556. The van der Waals surface area contributed by atoms with Crippen LogP contribution in [0.4, 0.5) is 0 Å². The topological polar surface area (TPSA) is 59.0 Å². The molecule has 0 aromatic carbocycles. The lowest BCUT2D eigenvalue weighted by molar-refractivity contribution is -0.120. The second kappa shape index (κ2) is 5.39. The van der Waals surface area contributed by atoms with Crippen molar-refractivity contribution in [3.05, 3.63) is 18.7 Å². The van der Waals surface area contributed by atoms with E-state index in [1.54, 1.807) is 19.6 Å². The summed E-state index contributed by atoms with van der Waals surface area (Å²) in [5.74, 6) is 0.0140. The van der Waals surface area contributed by atoms with Crippen molar-refractivity contribution in [3.8, 4) is 0 Å². The maximum Gasteiger partial charge on any atom is 0.234 e. The molecule has 0 bridgehead atoms. The summed E-state index contributed by atoms with van der Waals surface area (Å²) in [7, 11) is 1.75. The molecule has 2 N–H and O–H groups in total. The average molecular weight is 196 g/mol. The van der Waals surface area contributed by atoms with E-state index in [0.717, 1.165) is 6.54 Å². The molecule has 1 atom stereocenters. The van der Waals surface area contributed by atoms with E-state index in [1.165, 1.54) is 0 Å². The minimum Gasteiger partial charge on any atom is -0.351 e. The Balaban J connectivity index is 2.29. The summed E-state index contributed by atoms with van der Waals surface area (Å²) in [6.07, 6.45) is 5.34. The third-order valence-corrected chi connectivity index (χ3v) is 1.79. The Hall–Kier alpha value is -1.36. The van der Waals surface area contributed by atoms with Crippen LogP contribution < -0.4 is 10.6 Å². The van der Waals surface area contributed by atoms with Crippen LogP contribution in [0.15, 0.2) is 18.7 Å². The van der Waals surface area contributed by atoms with Crippen molar-refractivity contribution in [3.63, 3.8) is 0 Å². The third kappa shape index (κ3) is 3.57. The van der Waals surface area contributed by atoms with Crippen LogP contribution in [-0.4, -0.2) is 35.1 Å². The van der Waals surface area contributed by atoms with Crippen molar-refractivity contribution < 1.29 is 4.79 Å². The number of rotatable bonds is 5. The van der Waals surface area contributed by atoms with E-state index in [2.05, 4.69) is 15.6 Å². The fourth-order valence-electron chi connectivity index (χ4n) is 1.24. The largest absolute Gasteiger partial charge is 0.351 e. The molecule has 5 nitrogen and oxygen atoms in total. The van der Waals surface area contributed by atoms with Crippen LogP contribution in [0.25, 0.3) is 0 Å². The molecule has 0 radical (unpaired) electrons. The Morgan fingerprint density at radius 1 is 1.64 bits per heavy atom. The minimum absolute atomic E-state index is 0.0140. The predicted octanol–water partition coefficient (Wildman–Crippen LogP) is -0.393. The molecular formula is C9H16N4O. The molecule has 1 rings (SSSR count). The molecule has 1 aromatic heterocycles. The number of carbonyl (C=O) groups excluding carboxylic acids is 1. The van der Waals surface area contributed by atoms with E-state index in [9.17, 15) is 4.79 Å². The highest BCUT2D eigenvalue weighted by Gasteiger charge is 2.06. The number of nitrogens with one attached hydrogen (secondary N) is 2. The maximum atomic E-state index is 11.2. The van der Waals surface area contributed by atoms with E-state index in [0.29, 0.717) is 6.54 Å². The van der Waals surface area contributed by atoms with Gasteiger partial charge >= 0.3 is 0 Å². The molecule has 0 spiro atoms. The average Bonchev–Trinajstić information content (AvgIpc) is 2.56. The number of hydrogen-bond acceptors (Lipinski definition) is 3. The molecule has 0 aliphatic carbocycles. The van der Waals surface area contributed by atoms with Gasteiger partial charge in [0.2, 0.25) is 5.91 Å². The Morgan fingerprint density at radius 3 is 3.00 bits per heavy atom. The zero-order valence-electron chi connectivity index (χ0n) is 8.53. The van der Waals surface area contributed by atoms with Gasteiger partial charge in [0.25, 0.3) is 0 Å². The van der Waals surface area contributed by atoms with Gasteiger partial charge in [-0.3, -0.25) is 4.79 Å². The molecule has 78 valence electrons. The van der Waals surface area contributed by atoms with E-state index >= 15 is 0 Å². The number of amides is 1. The zero-order chi connectivity index (χ0) is 10.4. The van der Waals surface area contributed by atoms with E-state index in [1.807, 2.05) is 17.7 Å². The SMILES string of the molecule is CNCC(=O)NC(C)Cn1ccnc1. The number of nitrogens with zero attached hydrogens (tertiary/aromatic N) is 2. The fourth-order valence-corrected chi connectivity index (χ4v) is 1.24. The Morgan fingerprint density at radius 2 is 2.43 bits per heavy atom. The molecule has 0 saturated carbocycles. The van der Waals surface area contributed by atoms with Crippen LogP contribution in [0.2, 0.25) is 0 Å². The van der Waals surface area contributed by atoms with Crippen molar-refractivity contribution in [2.24, 2.45) is 0 Å². The van der Waals surface area contributed by atoms with Gasteiger partial charge in [0.15, 0.2) is 0 Å². The monoisotopic (exact) mass is 196 g/mol. The summed E-state index contributed by atoms with van der Waals surface area (Å²) in [6, 6.07) is 0.116. The number of likely N-dealkylation sites (N-methyl/N-ethyl adjacent to an activating group) is 1. The molecule has 0 saturated heterocycles. The summed E-state index contributed by atoms with van der Waals surface area (Å²) >= 11 is 0. The first-order chi connectivity index (χ1) is 6.72. The molecule has 0 fully saturated rings. The van der Waals surface area contributed by atoms with Crippen LogP contribution in [0.3, 0.4) is 0 Å². The van der Waals surface area contributed by atoms with E-state index < -0.39 is 0 Å². The zero-order valence-corrected chi connectivity index (χ0v) is 8.53. The summed E-state index contributed by atoms with van der Waals surface area (Å²) in [6.45, 7) is 3.07. The molecule has 1 aromatic rings. The first-order valence-corrected chi connectivity index (χ1v) is 4.62. The second-order valence-corrected chi connectivity index (χ2v) is 3.26. The molecule has 5 heteroatoms. The van der Waals surface area contributed by atoms with Gasteiger partial charge < -0.3 is 15.2 Å². The number of carbonyl (C=O) groups is 1. The standard InChI is InChI=1S/C9H16N4O/c1-8(12-9(14)5-10-2)6-13-4-3-11-7-13/h3-4,7-8,10H,5-6H2,1-2H3,(H,12,14). The quantitative estimate of drug-likeness (QED) is 0.674. The first-order valence-electron chi connectivity index (χ1n) is 4.62. The van der Waals surface area contributed by atoms with Gasteiger partial charge in [-0.15, -0.1) is 0 Å². The molecular weight excluding hydrogens is 180 g/mol. The molecule has 0 aliphatic rings. The lowest BCUT2D eigenvalue weighted by Crippen LogP contribution is -2.40. The normalized spacial score (nSPS) is 12.4. The smallest absolute Gasteiger partial charge is 0.234 e. The number of aromatic nitrogens is 2. The predicted molar refractivity (Wildman–Crippen MR) is 53.8 cm³/mol. The van der Waals surface area contributed by atoms with Crippen LogP contribution in [0.5, 0.6) is 0 Å². The molecule has 1 amide bonds. The Labute approximate surface area is 83.5 Å². The Kier molecular flexibility index (Phi) is 4.12. The van der Waals surface area contributed by atoms with Gasteiger partial charge in [0.1, 0.15) is 0 Å². The highest BCUT2D eigenvalue weighted by atomic mass is 16.1. The van der Waals surface area contributed by atoms with Crippen LogP contribution in [0, 0.1) is 0 Å². The molecule has 1 heterocycles. The second-order valence-electron chi connectivity index (χ2n) is 3.26. The summed E-state index contributed by atoms with van der Waals surface area (Å²) in [4.78, 5) is 15.1. The highest BCUT2D eigenvalue weighted by Crippen LogP contribution is 1.90. The van der Waals surface area contributed by atoms with Crippen molar-refractivity contribution in [2.75, 3.05) is 13.6 Å². The molecule has 14 heavy (non-hydrogen) atoms. The minimum atomic E-state index is 0.0140. The van der Waals surface area contributed by atoms with Crippen molar-refractivity contribution in [1.82, 2.24) is 20.2 Å². The summed E-state index contributed by atoms with van der Waals surface area (Å²) in [5, 5.41) is 5.67.